The molecule has 6 heteroatoms. The average Bonchev–Trinajstić information content (AvgIpc) is 2.75. The van der Waals surface area contributed by atoms with E-state index in [1.807, 2.05) is 49.9 Å². The number of amides is 2. The predicted octanol–water partition coefficient (Wildman–Crippen LogP) is 3.09. The maximum atomic E-state index is 13.1. The fraction of sp³-hybridized carbons (Fsp3) is 0.417. The summed E-state index contributed by atoms with van der Waals surface area (Å²) in [5.41, 5.74) is 3.06. The minimum atomic E-state index is -0.291. The molecule has 1 aliphatic rings. The predicted molar refractivity (Wildman–Crippen MR) is 115 cm³/mol. The zero-order valence-electron chi connectivity index (χ0n) is 17.9. The van der Waals surface area contributed by atoms with Crippen molar-refractivity contribution in [2.24, 2.45) is 0 Å². The monoisotopic (exact) mass is 411 g/mol. The summed E-state index contributed by atoms with van der Waals surface area (Å²) in [7, 11) is 0. The van der Waals surface area contributed by atoms with Gasteiger partial charge >= 0.3 is 0 Å². The van der Waals surface area contributed by atoms with Crippen molar-refractivity contribution in [2.75, 3.05) is 26.2 Å². The highest BCUT2D eigenvalue weighted by atomic mass is 19.1. The molecule has 3 rings (SSSR count). The molecule has 0 spiro atoms. The number of rotatable bonds is 6. The van der Waals surface area contributed by atoms with Crippen LogP contribution in [0.4, 0.5) is 4.39 Å². The van der Waals surface area contributed by atoms with Crippen molar-refractivity contribution in [3.8, 4) is 0 Å². The Labute approximate surface area is 177 Å². The SMILES string of the molecule is Cc1ccccc1CC(=O)N1CCN(C(C)C(=O)NC(C)c2ccc(F)cc2)CC1. The van der Waals surface area contributed by atoms with Gasteiger partial charge in [0.15, 0.2) is 0 Å². The van der Waals surface area contributed by atoms with Crippen LogP contribution in [0.2, 0.25) is 0 Å². The maximum Gasteiger partial charge on any atom is 0.237 e. The lowest BCUT2D eigenvalue weighted by molar-refractivity contribution is -0.133. The van der Waals surface area contributed by atoms with Crippen LogP contribution in [-0.4, -0.2) is 53.8 Å². The van der Waals surface area contributed by atoms with Crippen molar-refractivity contribution < 1.29 is 14.0 Å². The van der Waals surface area contributed by atoms with Crippen molar-refractivity contribution in [1.82, 2.24) is 15.1 Å². The Kier molecular flexibility index (Phi) is 7.21. The quantitative estimate of drug-likeness (QED) is 0.795. The van der Waals surface area contributed by atoms with E-state index < -0.39 is 0 Å². The van der Waals surface area contributed by atoms with E-state index in [1.165, 1.54) is 12.1 Å². The molecule has 2 aromatic carbocycles. The van der Waals surface area contributed by atoms with Gasteiger partial charge in [0.2, 0.25) is 11.8 Å². The fourth-order valence-electron chi connectivity index (χ4n) is 3.78. The highest BCUT2D eigenvalue weighted by Gasteiger charge is 2.28. The van der Waals surface area contributed by atoms with Crippen molar-refractivity contribution >= 4 is 11.8 Å². The first-order valence-corrected chi connectivity index (χ1v) is 10.5. The molecule has 30 heavy (non-hydrogen) atoms. The molecule has 1 saturated heterocycles. The van der Waals surface area contributed by atoms with Gasteiger partial charge in [-0.2, -0.15) is 0 Å². The number of carbonyl (C=O) groups excluding carboxylic acids is 2. The number of nitrogens with zero attached hydrogens (tertiary/aromatic N) is 2. The third-order valence-electron chi connectivity index (χ3n) is 5.93. The Morgan fingerprint density at radius 2 is 1.63 bits per heavy atom. The summed E-state index contributed by atoms with van der Waals surface area (Å²) >= 11 is 0. The highest BCUT2D eigenvalue weighted by molar-refractivity contribution is 5.82. The number of hydrogen-bond donors (Lipinski definition) is 1. The molecule has 1 aliphatic heterocycles. The summed E-state index contributed by atoms with van der Waals surface area (Å²) in [4.78, 5) is 29.3. The Morgan fingerprint density at radius 3 is 2.27 bits per heavy atom. The molecule has 0 aliphatic carbocycles. The van der Waals surface area contributed by atoms with E-state index >= 15 is 0 Å². The van der Waals surface area contributed by atoms with Gasteiger partial charge in [0, 0.05) is 26.2 Å². The molecule has 0 radical (unpaired) electrons. The summed E-state index contributed by atoms with van der Waals surface area (Å²) in [5.74, 6) is -0.224. The van der Waals surface area contributed by atoms with E-state index in [1.54, 1.807) is 12.1 Å². The van der Waals surface area contributed by atoms with E-state index in [-0.39, 0.29) is 29.7 Å². The van der Waals surface area contributed by atoms with Crippen LogP contribution >= 0.6 is 0 Å². The Morgan fingerprint density at radius 1 is 1.00 bits per heavy atom. The van der Waals surface area contributed by atoms with Gasteiger partial charge in [-0.15, -0.1) is 0 Å². The average molecular weight is 412 g/mol. The summed E-state index contributed by atoms with van der Waals surface area (Å²) < 4.78 is 13.1. The molecule has 0 aromatic heterocycles. The third-order valence-corrected chi connectivity index (χ3v) is 5.93. The number of hydrogen-bond acceptors (Lipinski definition) is 3. The number of carbonyl (C=O) groups is 2. The summed E-state index contributed by atoms with van der Waals surface area (Å²) in [6, 6.07) is 13.6. The summed E-state index contributed by atoms with van der Waals surface area (Å²) in [6.45, 7) is 8.37. The molecule has 1 fully saturated rings. The summed E-state index contributed by atoms with van der Waals surface area (Å²) in [5, 5.41) is 3.00. The van der Waals surface area contributed by atoms with Crippen molar-refractivity contribution in [3.05, 3.63) is 71.0 Å². The zero-order chi connectivity index (χ0) is 21.7. The fourth-order valence-corrected chi connectivity index (χ4v) is 3.78. The van der Waals surface area contributed by atoms with E-state index in [2.05, 4.69) is 10.2 Å². The Bertz CT molecular complexity index is 876. The van der Waals surface area contributed by atoms with Crippen LogP contribution in [0.15, 0.2) is 48.5 Å². The van der Waals surface area contributed by atoms with Gasteiger partial charge in [-0.3, -0.25) is 14.5 Å². The molecule has 160 valence electrons. The van der Waals surface area contributed by atoms with Gasteiger partial charge in [-0.1, -0.05) is 36.4 Å². The first-order chi connectivity index (χ1) is 14.3. The van der Waals surface area contributed by atoms with E-state index in [0.29, 0.717) is 32.6 Å². The first-order valence-electron chi connectivity index (χ1n) is 10.5. The van der Waals surface area contributed by atoms with Crippen molar-refractivity contribution in [3.63, 3.8) is 0 Å². The van der Waals surface area contributed by atoms with Gasteiger partial charge in [0.05, 0.1) is 18.5 Å². The van der Waals surface area contributed by atoms with Crippen LogP contribution in [0, 0.1) is 12.7 Å². The van der Waals surface area contributed by atoms with E-state index in [0.717, 1.165) is 16.7 Å². The topological polar surface area (TPSA) is 52.7 Å². The zero-order valence-corrected chi connectivity index (χ0v) is 17.9. The Hall–Kier alpha value is -2.73. The molecule has 2 aromatic rings. The second-order valence-corrected chi connectivity index (χ2v) is 7.98. The lowest BCUT2D eigenvalue weighted by Gasteiger charge is -2.37. The minimum Gasteiger partial charge on any atom is -0.348 e. The lowest BCUT2D eigenvalue weighted by atomic mass is 10.0. The molecule has 0 bridgehead atoms. The second-order valence-electron chi connectivity index (χ2n) is 7.98. The normalized spacial score (nSPS) is 16.7. The minimum absolute atomic E-state index is 0.0634. The first kappa shape index (κ1) is 22.0. The molecule has 5 nitrogen and oxygen atoms in total. The molecular weight excluding hydrogens is 381 g/mol. The molecule has 1 heterocycles. The van der Waals surface area contributed by atoms with Gasteiger partial charge in [-0.25, -0.2) is 4.39 Å². The number of piperazine rings is 1. The molecule has 0 saturated carbocycles. The lowest BCUT2D eigenvalue weighted by Crippen LogP contribution is -2.55. The van der Waals surface area contributed by atoms with Gasteiger partial charge < -0.3 is 10.2 Å². The highest BCUT2D eigenvalue weighted by Crippen LogP contribution is 2.15. The number of aryl methyl sites for hydroxylation is 1. The van der Waals surface area contributed by atoms with E-state index in [9.17, 15) is 14.0 Å². The van der Waals surface area contributed by atoms with Crippen LogP contribution in [-0.2, 0) is 16.0 Å². The smallest absolute Gasteiger partial charge is 0.237 e. The molecule has 2 amide bonds. The standard InChI is InChI=1S/C24H30FN3O2/c1-17-6-4-5-7-21(17)16-23(29)28-14-12-27(13-15-28)19(3)24(30)26-18(2)20-8-10-22(25)11-9-20/h4-11,18-19H,12-16H2,1-3H3,(H,26,30). The van der Waals surface area contributed by atoms with Crippen LogP contribution < -0.4 is 5.32 Å². The van der Waals surface area contributed by atoms with Crippen LogP contribution in [0.1, 0.15) is 36.6 Å². The molecular formula is C24H30FN3O2. The van der Waals surface area contributed by atoms with Gasteiger partial charge in [0.25, 0.3) is 0 Å². The number of benzene rings is 2. The molecule has 2 atom stereocenters. The van der Waals surface area contributed by atoms with E-state index in [4.69, 9.17) is 0 Å². The van der Waals surface area contributed by atoms with Crippen molar-refractivity contribution in [1.29, 1.82) is 0 Å². The summed E-state index contributed by atoms with van der Waals surface area (Å²) in [6.07, 6.45) is 0.415. The van der Waals surface area contributed by atoms with Crippen LogP contribution in [0.3, 0.4) is 0 Å². The second kappa shape index (κ2) is 9.85. The Balaban J connectivity index is 1.49. The largest absolute Gasteiger partial charge is 0.348 e. The van der Waals surface area contributed by atoms with Crippen LogP contribution in [0.25, 0.3) is 0 Å². The number of nitrogens with one attached hydrogen (secondary N) is 1. The molecule has 1 N–H and O–H groups in total. The van der Waals surface area contributed by atoms with Gasteiger partial charge in [-0.05, 0) is 49.6 Å². The third kappa shape index (κ3) is 5.45. The number of halogens is 1. The molecule has 2 unspecified atom stereocenters. The maximum absolute atomic E-state index is 13.1. The van der Waals surface area contributed by atoms with Crippen LogP contribution in [0.5, 0.6) is 0 Å². The van der Waals surface area contributed by atoms with Crippen molar-refractivity contribution in [2.45, 2.75) is 39.3 Å². The van der Waals surface area contributed by atoms with Gasteiger partial charge in [0.1, 0.15) is 5.82 Å².